The van der Waals surface area contributed by atoms with Crippen LogP contribution in [-0.2, 0) is 4.79 Å². The van der Waals surface area contributed by atoms with Crippen molar-refractivity contribution in [2.75, 3.05) is 6.54 Å². The maximum absolute atomic E-state index is 12.3. The van der Waals surface area contributed by atoms with Crippen LogP contribution in [0.5, 0.6) is 0 Å². The molecule has 1 rings (SSSR count). The van der Waals surface area contributed by atoms with E-state index in [9.17, 15) is 4.79 Å². The fourth-order valence-corrected chi connectivity index (χ4v) is 2.34. The zero-order valence-corrected chi connectivity index (χ0v) is 12.2. The molecule has 0 spiro atoms. The first-order chi connectivity index (χ1) is 7.84. The second-order valence-corrected chi connectivity index (χ2v) is 6.29. The van der Waals surface area contributed by atoms with Gasteiger partial charge < -0.3 is 4.90 Å². The van der Waals surface area contributed by atoms with E-state index in [1.807, 2.05) is 0 Å². The molecule has 1 heterocycles. The number of rotatable bonds is 5. The summed E-state index contributed by atoms with van der Waals surface area (Å²) >= 11 is 0. The molecular formula is C14H28N2O. The molecule has 0 aliphatic carbocycles. The second kappa shape index (κ2) is 5.85. The minimum Gasteiger partial charge on any atom is -0.326 e. The highest BCUT2D eigenvalue weighted by molar-refractivity contribution is 5.84. The van der Waals surface area contributed by atoms with Crippen LogP contribution in [0.2, 0.25) is 0 Å². The molecule has 1 fully saturated rings. The molecule has 0 aromatic rings. The summed E-state index contributed by atoms with van der Waals surface area (Å²) < 4.78 is 0. The Morgan fingerprint density at radius 3 is 2.12 bits per heavy atom. The van der Waals surface area contributed by atoms with Gasteiger partial charge in [-0.1, -0.05) is 41.5 Å². The van der Waals surface area contributed by atoms with Crippen molar-refractivity contribution >= 4 is 5.91 Å². The van der Waals surface area contributed by atoms with Crippen LogP contribution in [0.15, 0.2) is 0 Å². The summed E-state index contributed by atoms with van der Waals surface area (Å²) in [6.07, 6.45) is 1.30. The van der Waals surface area contributed by atoms with E-state index in [0.717, 1.165) is 13.0 Å². The van der Waals surface area contributed by atoms with Crippen molar-refractivity contribution in [3.8, 4) is 0 Å². The van der Waals surface area contributed by atoms with Crippen LogP contribution in [0.1, 0.15) is 48.0 Å². The molecular weight excluding hydrogens is 212 g/mol. The predicted octanol–water partition coefficient (Wildman–Crippen LogP) is 2.47. The van der Waals surface area contributed by atoms with E-state index in [-0.39, 0.29) is 12.2 Å². The largest absolute Gasteiger partial charge is 0.326 e. The highest BCUT2D eigenvalue weighted by Gasteiger charge is 2.40. The fraction of sp³-hybridized carbons (Fsp3) is 0.929. The van der Waals surface area contributed by atoms with Gasteiger partial charge in [-0.3, -0.25) is 10.1 Å². The van der Waals surface area contributed by atoms with Gasteiger partial charge in [0.1, 0.15) is 0 Å². The summed E-state index contributed by atoms with van der Waals surface area (Å²) in [6.45, 7) is 13.9. The zero-order valence-electron chi connectivity index (χ0n) is 12.2. The van der Waals surface area contributed by atoms with Gasteiger partial charge in [0.2, 0.25) is 5.91 Å². The molecule has 0 aromatic carbocycles. The van der Waals surface area contributed by atoms with Gasteiger partial charge in [-0.2, -0.15) is 0 Å². The molecule has 0 radical (unpaired) electrons. The Morgan fingerprint density at radius 1 is 1.12 bits per heavy atom. The SMILES string of the molecule is CC(C)CCN1C(=O)C(C(C)C)NC1C(C)C. The fourth-order valence-electron chi connectivity index (χ4n) is 2.34. The van der Waals surface area contributed by atoms with Gasteiger partial charge in [-0.15, -0.1) is 0 Å². The van der Waals surface area contributed by atoms with Gasteiger partial charge in [0.05, 0.1) is 12.2 Å². The van der Waals surface area contributed by atoms with Gasteiger partial charge in [0.15, 0.2) is 0 Å². The standard InChI is InChI=1S/C14H28N2O/c1-9(2)7-8-16-13(11(5)6)15-12(10(3)4)14(16)17/h9-13,15H,7-8H2,1-6H3. The highest BCUT2D eigenvalue weighted by Crippen LogP contribution is 2.22. The summed E-state index contributed by atoms with van der Waals surface area (Å²) in [5, 5.41) is 3.49. The maximum atomic E-state index is 12.3. The van der Waals surface area contributed by atoms with Crippen molar-refractivity contribution in [1.82, 2.24) is 10.2 Å². The van der Waals surface area contributed by atoms with Crippen molar-refractivity contribution < 1.29 is 4.79 Å². The Morgan fingerprint density at radius 2 is 1.71 bits per heavy atom. The number of hydrogen-bond acceptors (Lipinski definition) is 2. The normalized spacial score (nSPS) is 25.7. The number of carbonyl (C=O) groups excluding carboxylic acids is 1. The molecule has 3 nitrogen and oxygen atoms in total. The van der Waals surface area contributed by atoms with Crippen molar-refractivity contribution in [3.63, 3.8) is 0 Å². The van der Waals surface area contributed by atoms with Crippen LogP contribution >= 0.6 is 0 Å². The summed E-state index contributed by atoms with van der Waals surface area (Å²) in [5.74, 6) is 1.77. The third kappa shape index (κ3) is 3.44. The Balaban J connectivity index is 2.72. The Kier molecular flexibility index (Phi) is 4.99. The van der Waals surface area contributed by atoms with Gasteiger partial charge in [0, 0.05) is 6.54 Å². The van der Waals surface area contributed by atoms with E-state index in [1.165, 1.54) is 0 Å². The van der Waals surface area contributed by atoms with E-state index in [2.05, 4.69) is 51.8 Å². The molecule has 1 aliphatic rings. The second-order valence-electron chi connectivity index (χ2n) is 6.29. The van der Waals surface area contributed by atoms with Crippen molar-refractivity contribution in [2.24, 2.45) is 17.8 Å². The molecule has 0 bridgehead atoms. The minimum atomic E-state index is 0.00885. The molecule has 0 aromatic heterocycles. The zero-order chi connectivity index (χ0) is 13.2. The topological polar surface area (TPSA) is 32.3 Å². The van der Waals surface area contributed by atoms with Crippen LogP contribution in [-0.4, -0.2) is 29.6 Å². The quantitative estimate of drug-likeness (QED) is 0.800. The molecule has 1 amide bonds. The van der Waals surface area contributed by atoms with Gasteiger partial charge in [-0.05, 0) is 24.2 Å². The van der Waals surface area contributed by atoms with Crippen LogP contribution < -0.4 is 5.32 Å². The highest BCUT2D eigenvalue weighted by atomic mass is 16.2. The van der Waals surface area contributed by atoms with Crippen molar-refractivity contribution in [1.29, 1.82) is 0 Å². The molecule has 1 aliphatic heterocycles. The van der Waals surface area contributed by atoms with Crippen molar-refractivity contribution in [3.05, 3.63) is 0 Å². The van der Waals surface area contributed by atoms with Gasteiger partial charge >= 0.3 is 0 Å². The summed E-state index contributed by atoms with van der Waals surface area (Å²) in [6, 6.07) is 0.00885. The third-order valence-corrected chi connectivity index (χ3v) is 3.48. The van der Waals surface area contributed by atoms with Crippen molar-refractivity contribution in [2.45, 2.75) is 60.2 Å². The minimum absolute atomic E-state index is 0.00885. The first kappa shape index (κ1) is 14.5. The monoisotopic (exact) mass is 240 g/mol. The number of amides is 1. The summed E-state index contributed by atoms with van der Waals surface area (Å²) in [5.41, 5.74) is 0. The van der Waals surface area contributed by atoms with Crippen LogP contribution in [0, 0.1) is 17.8 Å². The number of hydrogen-bond donors (Lipinski definition) is 1. The molecule has 3 heteroatoms. The third-order valence-electron chi connectivity index (χ3n) is 3.48. The maximum Gasteiger partial charge on any atom is 0.241 e. The van der Waals surface area contributed by atoms with E-state index in [1.54, 1.807) is 0 Å². The molecule has 1 saturated heterocycles. The van der Waals surface area contributed by atoms with E-state index in [0.29, 0.717) is 23.7 Å². The van der Waals surface area contributed by atoms with Gasteiger partial charge in [0.25, 0.3) is 0 Å². The van der Waals surface area contributed by atoms with Crippen LogP contribution in [0.4, 0.5) is 0 Å². The van der Waals surface area contributed by atoms with E-state index in [4.69, 9.17) is 0 Å². The number of nitrogens with zero attached hydrogens (tertiary/aromatic N) is 1. The lowest BCUT2D eigenvalue weighted by Gasteiger charge is -2.27. The van der Waals surface area contributed by atoms with Crippen LogP contribution in [0.25, 0.3) is 0 Å². The van der Waals surface area contributed by atoms with Gasteiger partial charge in [-0.25, -0.2) is 0 Å². The molecule has 2 unspecified atom stereocenters. The number of nitrogens with one attached hydrogen (secondary N) is 1. The predicted molar refractivity (Wildman–Crippen MR) is 71.6 cm³/mol. The van der Waals surface area contributed by atoms with E-state index >= 15 is 0 Å². The lowest BCUT2D eigenvalue weighted by atomic mass is 10.0. The Hall–Kier alpha value is -0.570. The number of carbonyl (C=O) groups is 1. The first-order valence-electron chi connectivity index (χ1n) is 6.91. The first-order valence-corrected chi connectivity index (χ1v) is 6.91. The molecule has 100 valence electrons. The molecule has 17 heavy (non-hydrogen) atoms. The molecule has 2 atom stereocenters. The lowest BCUT2D eigenvalue weighted by Crippen LogP contribution is -2.42. The lowest BCUT2D eigenvalue weighted by molar-refractivity contribution is -0.131. The summed E-state index contributed by atoms with van der Waals surface area (Å²) in [7, 11) is 0. The van der Waals surface area contributed by atoms with Crippen LogP contribution in [0.3, 0.4) is 0 Å². The summed E-state index contributed by atoms with van der Waals surface area (Å²) in [4.78, 5) is 14.4. The smallest absolute Gasteiger partial charge is 0.241 e. The molecule has 0 saturated carbocycles. The Labute approximate surface area is 106 Å². The Bertz CT molecular complexity index is 261. The average Bonchev–Trinajstić information content (AvgIpc) is 2.52. The average molecular weight is 240 g/mol. The molecule has 1 N–H and O–H groups in total. The van der Waals surface area contributed by atoms with E-state index < -0.39 is 0 Å².